The van der Waals surface area contributed by atoms with Crippen molar-refractivity contribution in [3.05, 3.63) is 95.6 Å². The van der Waals surface area contributed by atoms with Gasteiger partial charge in [-0.25, -0.2) is 4.79 Å². The third-order valence-corrected chi connectivity index (χ3v) is 4.62. The highest BCUT2D eigenvalue weighted by Gasteiger charge is 2.18. The summed E-state index contributed by atoms with van der Waals surface area (Å²) in [6.07, 6.45) is -0.917. The molecule has 0 saturated carbocycles. The molecule has 6 nitrogen and oxygen atoms in total. The molecule has 3 aromatic rings. The lowest BCUT2D eigenvalue weighted by atomic mass is 10.2. The number of ether oxygens (including phenoxy) is 3. The van der Waals surface area contributed by atoms with Gasteiger partial charge in [0.25, 0.3) is 5.91 Å². The van der Waals surface area contributed by atoms with Gasteiger partial charge in [0.1, 0.15) is 18.1 Å². The van der Waals surface area contributed by atoms with Crippen LogP contribution in [-0.4, -0.2) is 25.1 Å². The topological polar surface area (TPSA) is 73.9 Å². The van der Waals surface area contributed by atoms with Gasteiger partial charge in [-0.3, -0.25) is 4.79 Å². The zero-order valence-corrected chi connectivity index (χ0v) is 17.5. The Hall–Kier alpha value is -3.80. The lowest BCUT2D eigenvalue weighted by molar-refractivity contribution is -0.129. The number of benzene rings is 3. The Kier molecular flexibility index (Phi) is 7.65. The highest BCUT2D eigenvalue weighted by Crippen LogP contribution is 2.16. The van der Waals surface area contributed by atoms with Gasteiger partial charge in [0.15, 0.2) is 6.10 Å². The van der Waals surface area contributed by atoms with Gasteiger partial charge in [-0.2, -0.15) is 0 Å². The Labute approximate surface area is 181 Å². The Balaban J connectivity index is 1.46. The molecule has 6 heteroatoms. The van der Waals surface area contributed by atoms with E-state index < -0.39 is 12.1 Å². The van der Waals surface area contributed by atoms with Crippen LogP contribution >= 0.6 is 0 Å². The molecule has 0 radical (unpaired) electrons. The molecule has 0 spiro atoms. The van der Waals surface area contributed by atoms with Gasteiger partial charge in [-0.1, -0.05) is 42.5 Å². The second-order valence-corrected chi connectivity index (χ2v) is 6.91. The van der Waals surface area contributed by atoms with Crippen molar-refractivity contribution in [2.45, 2.75) is 26.2 Å². The quantitative estimate of drug-likeness (QED) is 0.528. The minimum Gasteiger partial charge on any atom is -0.497 e. The molecule has 0 unspecified atom stereocenters. The van der Waals surface area contributed by atoms with Crippen molar-refractivity contribution < 1.29 is 23.8 Å². The van der Waals surface area contributed by atoms with Crippen LogP contribution in [0.2, 0.25) is 0 Å². The summed E-state index contributed by atoms with van der Waals surface area (Å²) in [4.78, 5) is 24.6. The molecule has 1 N–H and O–H groups in total. The number of carbonyl (C=O) groups is 2. The standard InChI is InChI=1S/C25H25NO5/c1-18(24(27)26-16-19-8-12-22(29-2)13-9-19)31-25(28)21-10-14-23(15-11-21)30-17-20-6-4-3-5-7-20/h3-15,18H,16-17H2,1-2H3,(H,26,27)/t18-/m1/s1. The van der Waals surface area contributed by atoms with Gasteiger partial charge in [-0.05, 0) is 54.4 Å². The second kappa shape index (κ2) is 10.8. The zero-order chi connectivity index (χ0) is 22.1. The molecular formula is C25H25NO5. The van der Waals surface area contributed by atoms with Crippen LogP contribution in [0.4, 0.5) is 0 Å². The fraction of sp³-hybridized carbons (Fsp3) is 0.200. The van der Waals surface area contributed by atoms with E-state index in [0.29, 0.717) is 24.5 Å². The van der Waals surface area contributed by atoms with E-state index in [1.54, 1.807) is 38.3 Å². The van der Waals surface area contributed by atoms with E-state index in [-0.39, 0.29) is 5.91 Å². The van der Waals surface area contributed by atoms with Gasteiger partial charge < -0.3 is 19.5 Å². The Bertz CT molecular complexity index is 985. The van der Waals surface area contributed by atoms with Gasteiger partial charge in [0.2, 0.25) is 0 Å². The first kappa shape index (κ1) is 21.9. The maximum atomic E-state index is 12.3. The highest BCUT2D eigenvalue weighted by molar-refractivity contribution is 5.92. The molecule has 0 heterocycles. The number of carbonyl (C=O) groups excluding carboxylic acids is 2. The molecule has 3 rings (SSSR count). The molecule has 0 saturated heterocycles. The smallest absolute Gasteiger partial charge is 0.338 e. The summed E-state index contributed by atoms with van der Waals surface area (Å²) in [6, 6.07) is 23.8. The number of esters is 1. The summed E-state index contributed by atoms with van der Waals surface area (Å²) in [5.74, 6) is 0.452. The summed E-state index contributed by atoms with van der Waals surface area (Å²) >= 11 is 0. The molecular weight excluding hydrogens is 394 g/mol. The van der Waals surface area contributed by atoms with E-state index in [9.17, 15) is 9.59 Å². The van der Waals surface area contributed by atoms with Gasteiger partial charge >= 0.3 is 5.97 Å². The van der Waals surface area contributed by atoms with Crippen molar-refractivity contribution in [2.24, 2.45) is 0 Å². The minimum atomic E-state index is -0.917. The van der Waals surface area contributed by atoms with E-state index in [0.717, 1.165) is 16.9 Å². The van der Waals surface area contributed by atoms with Crippen molar-refractivity contribution in [3.63, 3.8) is 0 Å². The largest absolute Gasteiger partial charge is 0.497 e. The SMILES string of the molecule is COc1ccc(CNC(=O)[C@@H](C)OC(=O)c2ccc(OCc3ccccc3)cc2)cc1. The van der Waals surface area contributed by atoms with Crippen LogP contribution in [0.1, 0.15) is 28.4 Å². The first-order chi connectivity index (χ1) is 15.0. The summed E-state index contributed by atoms with van der Waals surface area (Å²) in [5.41, 5.74) is 2.32. The molecule has 1 atom stereocenters. The summed E-state index contributed by atoms with van der Waals surface area (Å²) < 4.78 is 16.1. The average Bonchev–Trinajstić information content (AvgIpc) is 2.82. The van der Waals surface area contributed by atoms with Crippen molar-refractivity contribution in [1.29, 1.82) is 0 Å². The highest BCUT2D eigenvalue weighted by atomic mass is 16.5. The molecule has 0 fully saturated rings. The Morgan fingerprint density at radius 2 is 1.48 bits per heavy atom. The normalized spacial score (nSPS) is 11.3. The summed E-state index contributed by atoms with van der Waals surface area (Å²) in [6.45, 7) is 2.31. The second-order valence-electron chi connectivity index (χ2n) is 6.91. The van der Waals surface area contributed by atoms with E-state index in [4.69, 9.17) is 14.2 Å². The fourth-order valence-electron chi connectivity index (χ4n) is 2.79. The van der Waals surface area contributed by atoms with Crippen LogP contribution in [0.25, 0.3) is 0 Å². The number of hydrogen-bond acceptors (Lipinski definition) is 5. The first-order valence-electron chi connectivity index (χ1n) is 9.93. The molecule has 0 aliphatic carbocycles. The number of methoxy groups -OCH3 is 1. The van der Waals surface area contributed by atoms with Crippen LogP contribution in [0.3, 0.4) is 0 Å². The molecule has 3 aromatic carbocycles. The monoisotopic (exact) mass is 419 g/mol. The third-order valence-electron chi connectivity index (χ3n) is 4.62. The third kappa shape index (κ3) is 6.60. The molecule has 1 amide bonds. The van der Waals surface area contributed by atoms with Crippen LogP contribution in [0, 0.1) is 0 Å². The van der Waals surface area contributed by atoms with E-state index in [2.05, 4.69) is 5.32 Å². The lowest BCUT2D eigenvalue weighted by Crippen LogP contribution is -2.35. The average molecular weight is 419 g/mol. The zero-order valence-electron chi connectivity index (χ0n) is 17.5. The van der Waals surface area contributed by atoms with E-state index >= 15 is 0 Å². The molecule has 0 bridgehead atoms. The predicted octanol–water partition coefficient (Wildman–Crippen LogP) is 4.14. The molecule has 31 heavy (non-hydrogen) atoms. The molecule has 0 aliphatic heterocycles. The van der Waals surface area contributed by atoms with Crippen molar-refractivity contribution in [3.8, 4) is 11.5 Å². The van der Waals surface area contributed by atoms with Gasteiger partial charge in [0.05, 0.1) is 12.7 Å². The lowest BCUT2D eigenvalue weighted by Gasteiger charge is -2.14. The van der Waals surface area contributed by atoms with Crippen molar-refractivity contribution in [1.82, 2.24) is 5.32 Å². The molecule has 0 aliphatic rings. The maximum absolute atomic E-state index is 12.3. The Morgan fingerprint density at radius 3 is 2.13 bits per heavy atom. The minimum absolute atomic E-state index is 0.332. The van der Waals surface area contributed by atoms with Crippen LogP contribution in [0.5, 0.6) is 11.5 Å². The van der Waals surface area contributed by atoms with Crippen LogP contribution < -0.4 is 14.8 Å². The van der Waals surface area contributed by atoms with Gasteiger partial charge in [0, 0.05) is 6.54 Å². The van der Waals surface area contributed by atoms with E-state index in [1.807, 2.05) is 54.6 Å². The summed E-state index contributed by atoms with van der Waals surface area (Å²) in [5, 5.41) is 2.76. The van der Waals surface area contributed by atoms with Crippen molar-refractivity contribution >= 4 is 11.9 Å². The molecule has 0 aromatic heterocycles. The van der Waals surface area contributed by atoms with E-state index in [1.165, 1.54) is 0 Å². The summed E-state index contributed by atoms with van der Waals surface area (Å²) in [7, 11) is 1.60. The first-order valence-corrected chi connectivity index (χ1v) is 9.93. The number of nitrogens with one attached hydrogen (secondary N) is 1. The predicted molar refractivity (Wildman–Crippen MR) is 117 cm³/mol. The Morgan fingerprint density at radius 1 is 0.839 bits per heavy atom. The number of hydrogen-bond donors (Lipinski definition) is 1. The maximum Gasteiger partial charge on any atom is 0.338 e. The van der Waals surface area contributed by atoms with Crippen molar-refractivity contribution in [2.75, 3.05) is 7.11 Å². The number of amides is 1. The fourth-order valence-corrected chi connectivity index (χ4v) is 2.79. The number of rotatable bonds is 9. The molecule has 160 valence electrons. The van der Waals surface area contributed by atoms with Crippen LogP contribution in [0.15, 0.2) is 78.9 Å². The van der Waals surface area contributed by atoms with Crippen LogP contribution in [-0.2, 0) is 22.7 Å². The van der Waals surface area contributed by atoms with Gasteiger partial charge in [-0.15, -0.1) is 0 Å².